The van der Waals surface area contributed by atoms with Crippen LogP contribution in [-0.4, -0.2) is 6.04 Å². The standard InChI is InChI=1S/C10H12FN.ClH/c1-10(6-9(10)12)7-4-2-3-5-8(7)11;/h2-5,9H,6,12H2,1H3;1H. The third kappa shape index (κ3) is 1.56. The Morgan fingerprint density at radius 2 is 2.00 bits per heavy atom. The van der Waals surface area contributed by atoms with Gasteiger partial charge in [-0.3, -0.25) is 0 Å². The van der Waals surface area contributed by atoms with E-state index in [1.54, 1.807) is 6.07 Å². The number of halogens is 2. The molecule has 2 unspecified atom stereocenters. The van der Waals surface area contributed by atoms with Crippen LogP contribution in [0.3, 0.4) is 0 Å². The number of rotatable bonds is 1. The molecule has 1 fully saturated rings. The van der Waals surface area contributed by atoms with Gasteiger partial charge in [0, 0.05) is 11.5 Å². The largest absolute Gasteiger partial charge is 0.327 e. The van der Waals surface area contributed by atoms with Crippen molar-refractivity contribution in [2.24, 2.45) is 5.73 Å². The summed E-state index contributed by atoms with van der Waals surface area (Å²) in [4.78, 5) is 0. The number of hydrogen-bond donors (Lipinski definition) is 1. The van der Waals surface area contributed by atoms with Gasteiger partial charge in [0.05, 0.1) is 0 Å². The van der Waals surface area contributed by atoms with Crippen molar-refractivity contribution < 1.29 is 4.39 Å². The molecule has 0 spiro atoms. The predicted molar refractivity (Wildman–Crippen MR) is 53.6 cm³/mol. The van der Waals surface area contributed by atoms with E-state index in [1.165, 1.54) is 6.07 Å². The Morgan fingerprint density at radius 3 is 2.46 bits per heavy atom. The fourth-order valence-electron chi connectivity index (χ4n) is 1.63. The summed E-state index contributed by atoms with van der Waals surface area (Å²) < 4.78 is 13.2. The second-order valence-electron chi connectivity index (χ2n) is 3.71. The number of benzene rings is 1. The summed E-state index contributed by atoms with van der Waals surface area (Å²) in [5, 5.41) is 0. The Labute approximate surface area is 83.5 Å². The number of nitrogens with two attached hydrogens (primary N) is 1. The molecule has 1 aromatic rings. The first-order valence-corrected chi connectivity index (χ1v) is 4.15. The van der Waals surface area contributed by atoms with Crippen LogP contribution in [-0.2, 0) is 5.41 Å². The summed E-state index contributed by atoms with van der Waals surface area (Å²) in [6, 6.07) is 7.01. The zero-order valence-electron chi connectivity index (χ0n) is 7.46. The second-order valence-corrected chi connectivity index (χ2v) is 3.71. The quantitative estimate of drug-likeness (QED) is 0.741. The van der Waals surface area contributed by atoms with E-state index in [0.717, 1.165) is 12.0 Å². The molecule has 3 heteroatoms. The lowest BCUT2D eigenvalue weighted by molar-refractivity contribution is 0.580. The van der Waals surface area contributed by atoms with Crippen molar-refractivity contribution in [3.05, 3.63) is 35.6 Å². The summed E-state index contributed by atoms with van der Waals surface area (Å²) in [6.45, 7) is 2.01. The molecule has 1 aromatic carbocycles. The van der Waals surface area contributed by atoms with Gasteiger partial charge in [0.2, 0.25) is 0 Å². The first kappa shape index (κ1) is 10.5. The molecule has 1 nitrogen and oxygen atoms in total. The highest BCUT2D eigenvalue weighted by Gasteiger charge is 2.50. The molecule has 0 radical (unpaired) electrons. The first-order chi connectivity index (χ1) is 5.64. The maximum absolute atomic E-state index is 13.2. The fourth-order valence-corrected chi connectivity index (χ4v) is 1.63. The van der Waals surface area contributed by atoms with E-state index < -0.39 is 0 Å². The summed E-state index contributed by atoms with van der Waals surface area (Å²) >= 11 is 0. The molecular formula is C10H13ClFN. The minimum Gasteiger partial charge on any atom is -0.327 e. The molecule has 0 aliphatic heterocycles. The van der Waals surface area contributed by atoms with E-state index in [4.69, 9.17) is 5.73 Å². The van der Waals surface area contributed by atoms with E-state index in [9.17, 15) is 4.39 Å². The van der Waals surface area contributed by atoms with Crippen LogP contribution in [0.2, 0.25) is 0 Å². The van der Waals surface area contributed by atoms with Crippen molar-refractivity contribution in [2.75, 3.05) is 0 Å². The molecule has 1 saturated carbocycles. The van der Waals surface area contributed by atoms with Gasteiger partial charge in [-0.1, -0.05) is 25.1 Å². The van der Waals surface area contributed by atoms with Crippen LogP contribution in [0.1, 0.15) is 18.9 Å². The highest BCUT2D eigenvalue weighted by atomic mass is 35.5. The summed E-state index contributed by atoms with van der Waals surface area (Å²) in [5.41, 5.74) is 6.39. The minimum atomic E-state index is -0.132. The normalized spacial score (nSPS) is 30.8. The van der Waals surface area contributed by atoms with Gasteiger partial charge in [0.25, 0.3) is 0 Å². The molecular weight excluding hydrogens is 189 g/mol. The lowest BCUT2D eigenvalue weighted by atomic mass is 9.97. The smallest absolute Gasteiger partial charge is 0.127 e. The lowest BCUT2D eigenvalue weighted by Crippen LogP contribution is -2.15. The lowest BCUT2D eigenvalue weighted by Gasteiger charge is -2.10. The topological polar surface area (TPSA) is 26.0 Å². The van der Waals surface area contributed by atoms with Gasteiger partial charge in [-0.15, -0.1) is 12.4 Å². The Balaban J connectivity index is 0.000000845. The third-order valence-electron chi connectivity index (χ3n) is 2.79. The van der Waals surface area contributed by atoms with Crippen LogP contribution >= 0.6 is 12.4 Å². The minimum absolute atomic E-state index is 0. The first-order valence-electron chi connectivity index (χ1n) is 4.15. The molecule has 72 valence electrons. The summed E-state index contributed by atoms with van der Waals surface area (Å²) in [7, 11) is 0. The Morgan fingerprint density at radius 1 is 1.46 bits per heavy atom. The van der Waals surface area contributed by atoms with Gasteiger partial charge in [-0.25, -0.2) is 4.39 Å². The molecule has 13 heavy (non-hydrogen) atoms. The maximum Gasteiger partial charge on any atom is 0.127 e. The molecule has 2 rings (SSSR count). The molecule has 1 aliphatic rings. The van der Waals surface area contributed by atoms with Crippen LogP contribution in [0, 0.1) is 5.82 Å². The molecule has 2 N–H and O–H groups in total. The highest BCUT2D eigenvalue weighted by molar-refractivity contribution is 5.85. The van der Waals surface area contributed by atoms with Gasteiger partial charge < -0.3 is 5.73 Å². The molecule has 0 aromatic heterocycles. The summed E-state index contributed by atoms with van der Waals surface area (Å²) in [6.07, 6.45) is 0.897. The van der Waals surface area contributed by atoms with E-state index in [-0.39, 0.29) is 29.7 Å². The zero-order chi connectivity index (χ0) is 8.77. The fraction of sp³-hybridized carbons (Fsp3) is 0.400. The van der Waals surface area contributed by atoms with Crippen molar-refractivity contribution in [3.8, 4) is 0 Å². The van der Waals surface area contributed by atoms with E-state index in [1.807, 2.05) is 19.1 Å². The van der Waals surface area contributed by atoms with Crippen LogP contribution in [0.5, 0.6) is 0 Å². The highest BCUT2D eigenvalue weighted by Crippen LogP contribution is 2.47. The summed E-state index contributed by atoms with van der Waals surface area (Å²) in [5.74, 6) is -0.132. The van der Waals surface area contributed by atoms with E-state index >= 15 is 0 Å². The second kappa shape index (κ2) is 3.28. The molecule has 2 atom stereocenters. The van der Waals surface area contributed by atoms with Crippen molar-refractivity contribution in [3.63, 3.8) is 0 Å². The molecule has 1 aliphatic carbocycles. The van der Waals surface area contributed by atoms with Gasteiger partial charge in [0.15, 0.2) is 0 Å². The third-order valence-corrected chi connectivity index (χ3v) is 2.79. The van der Waals surface area contributed by atoms with Crippen molar-refractivity contribution >= 4 is 12.4 Å². The van der Waals surface area contributed by atoms with E-state index in [0.29, 0.717) is 0 Å². The SMILES string of the molecule is CC1(c2ccccc2F)CC1N.Cl. The van der Waals surface area contributed by atoms with E-state index in [2.05, 4.69) is 0 Å². The van der Waals surface area contributed by atoms with Crippen LogP contribution in [0.15, 0.2) is 24.3 Å². The molecule has 0 heterocycles. The van der Waals surface area contributed by atoms with Crippen molar-refractivity contribution in [2.45, 2.75) is 24.8 Å². The number of hydrogen-bond acceptors (Lipinski definition) is 1. The van der Waals surface area contributed by atoms with Gasteiger partial charge in [0.1, 0.15) is 5.82 Å². The van der Waals surface area contributed by atoms with Gasteiger partial charge in [-0.05, 0) is 18.1 Å². The van der Waals surface area contributed by atoms with Gasteiger partial charge >= 0.3 is 0 Å². The van der Waals surface area contributed by atoms with Gasteiger partial charge in [-0.2, -0.15) is 0 Å². The average Bonchev–Trinajstić information content (AvgIpc) is 2.61. The maximum atomic E-state index is 13.2. The Kier molecular flexibility index (Phi) is 2.64. The van der Waals surface area contributed by atoms with Crippen molar-refractivity contribution in [1.29, 1.82) is 0 Å². The van der Waals surface area contributed by atoms with Crippen LogP contribution in [0.25, 0.3) is 0 Å². The Bertz CT molecular complexity index is 316. The monoisotopic (exact) mass is 201 g/mol. The predicted octanol–water partition coefficient (Wildman–Crippen LogP) is 2.24. The molecule has 0 saturated heterocycles. The Hall–Kier alpha value is -0.600. The molecule has 0 bridgehead atoms. The van der Waals surface area contributed by atoms with Crippen molar-refractivity contribution in [1.82, 2.24) is 0 Å². The molecule has 0 amide bonds. The van der Waals surface area contributed by atoms with Crippen LogP contribution < -0.4 is 5.73 Å². The zero-order valence-corrected chi connectivity index (χ0v) is 8.27. The average molecular weight is 202 g/mol. The van der Waals surface area contributed by atoms with Crippen LogP contribution in [0.4, 0.5) is 4.39 Å².